The van der Waals surface area contributed by atoms with Gasteiger partial charge in [-0.15, -0.1) is 23.2 Å². The number of hydrogen-bond donors (Lipinski definition) is 0. The van der Waals surface area contributed by atoms with Gasteiger partial charge in [0.15, 0.2) is 0 Å². The first-order valence-electron chi connectivity index (χ1n) is 3.77. The van der Waals surface area contributed by atoms with E-state index in [1.54, 1.807) is 0 Å². The molecule has 0 aliphatic carbocycles. The van der Waals surface area contributed by atoms with Crippen molar-refractivity contribution in [1.82, 2.24) is 0 Å². The summed E-state index contributed by atoms with van der Waals surface area (Å²) < 4.78 is 0. The molecule has 13 heavy (non-hydrogen) atoms. The van der Waals surface area contributed by atoms with Crippen LogP contribution in [0, 0.1) is 0 Å². The molecule has 1 aromatic carbocycles. The highest BCUT2D eigenvalue weighted by Crippen LogP contribution is 2.14. The van der Waals surface area contributed by atoms with Gasteiger partial charge < -0.3 is 0 Å². The lowest BCUT2D eigenvalue weighted by Crippen LogP contribution is -2.30. The van der Waals surface area contributed by atoms with Crippen LogP contribution in [0.25, 0.3) is 0 Å². The molecule has 4 heteroatoms. The summed E-state index contributed by atoms with van der Waals surface area (Å²) in [5.74, 6) is -0.246. The van der Waals surface area contributed by atoms with E-state index in [1.165, 1.54) is 4.90 Å². The molecular weight excluding hydrogens is 209 g/mol. The Kier molecular flexibility index (Phi) is 4.06. The number of rotatable bonds is 3. The summed E-state index contributed by atoms with van der Waals surface area (Å²) in [6.45, 7) is 0. The van der Waals surface area contributed by atoms with Crippen molar-refractivity contribution >= 4 is 34.8 Å². The molecule has 0 N–H and O–H groups in total. The molecule has 2 nitrogen and oxygen atoms in total. The lowest BCUT2D eigenvalue weighted by Gasteiger charge is -2.18. The lowest BCUT2D eigenvalue weighted by molar-refractivity contribution is -0.116. The summed E-state index contributed by atoms with van der Waals surface area (Å²) >= 11 is 11.0. The summed E-state index contributed by atoms with van der Waals surface area (Å²) in [6, 6.07) is 9.31. The predicted octanol–water partition coefficient (Wildman–Crippen LogP) is 2.45. The molecule has 0 saturated heterocycles. The molecule has 70 valence electrons. The average molecular weight is 218 g/mol. The van der Waals surface area contributed by atoms with Crippen molar-refractivity contribution in [2.75, 3.05) is 16.8 Å². The van der Waals surface area contributed by atoms with Crippen LogP contribution < -0.4 is 4.90 Å². The van der Waals surface area contributed by atoms with Crippen molar-refractivity contribution in [3.8, 4) is 0 Å². The van der Waals surface area contributed by atoms with E-state index in [1.807, 2.05) is 30.3 Å². The van der Waals surface area contributed by atoms with Crippen LogP contribution in [0.3, 0.4) is 0 Å². The van der Waals surface area contributed by atoms with Crippen molar-refractivity contribution in [3.05, 3.63) is 30.3 Å². The van der Waals surface area contributed by atoms with Gasteiger partial charge in [-0.05, 0) is 12.1 Å². The second kappa shape index (κ2) is 5.10. The molecule has 0 aliphatic heterocycles. The number of carbonyl (C=O) groups excluding carboxylic acids is 1. The lowest BCUT2D eigenvalue weighted by atomic mass is 10.3. The zero-order chi connectivity index (χ0) is 9.68. The molecule has 0 atom stereocenters. The second-order valence-electron chi connectivity index (χ2n) is 2.41. The first kappa shape index (κ1) is 10.4. The number of carbonyl (C=O) groups is 1. The van der Waals surface area contributed by atoms with E-state index < -0.39 is 0 Å². The molecule has 0 aliphatic rings. The van der Waals surface area contributed by atoms with Crippen LogP contribution in [0.2, 0.25) is 0 Å². The van der Waals surface area contributed by atoms with E-state index in [-0.39, 0.29) is 17.8 Å². The third-order valence-electron chi connectivity index (χ3n) is 1.60. The predicted molar refractivity (Wildman–Crippen MR) is 55.4 cm³/mol. The van der Waals surface area contributed by atoms with Gasteiger partial charge in [-0.3, -0.25) is 9.69 Å². The molecule has 0 radical (unpaired) electrons. The molecule has 1 aromatic rings. The fraction of sp³-hybridized carbons (Fsp3) is 0.222. The smallest absolute Gasteiger partial charge is 0.242 e. The summed E-state index contributed by atoms with van der Waals surface area (Å²) in [7, 11) is 0. The Morgan fingerprint density at radius 2 is 1.85 bits per heavy atom. The van der Waals surface area contributed by atoms with Crippen LogP contribution in [-0.2, 0) is 4.79 Å². The molecule has 1 amide bonds. The van der Waals surface area contributed by atoms with Gasteiger partial charge in [0.25, 0.3) is 0 Å². The summed E-state index contributed by atoms with van der Waals surface area (Å²) in [6.07, 6.45) is 0. The maximum absolute atomic E-state index is 11.3. The molecule has 0 fully saturated rings. The van der Waals surface area contributed by atoms with Crippen molar-refractivity contribution < 1.29 is 4.79 Å². The molecule has 0 heterocycles. The number of para-hydroxylation sites is 1. The number of halogens is 2. The monoisotopic (exact) mass is 217 g/mol. The molecular formula is C9H9Cl2NO. The van der Waals surface area contributed by atoms with Crippen LogP contribution in [0.4, 0.5) is 5.69 Å². The van der Waals surface area contributed by atoms with E-state index >= 15 is 0 Å². The van der Waals surface area contributed by atoms with Crippen LogP contribution in [-0.4, -0.2) is 17.8 Å². The van der Waals surface area contributed by atoms with Gasteiger partial charge in [0, 0.05) is 5.69 Å². The highest BCUT2D eigenvalue weighted by atomic mass is 35.5. The van der Waals surface area contributed by atoms with Gasteiger partial charge in [0.1, 0.15) is 11.9 Å². The topological polar surface area (TPSA) is 20.3 Å². The van der Waals surface area contributed by atoms with Crippen molar-refractivity contribution in [2.45, 2.75) is 0 Å². The third kappa shape index (κ3) is 2.61. The van der Waals surface area contributed by atoms with Crippen LogP contribution in [0.15, 0.2) is 30.3 Å². The molecule has 0 aromatic heterocycles. The van der Waals surface area contributed by atoms with Crippen molar-refractivity contribution in [1.29, 1.82) is 0 Å². The Balaban J connectivity index is 2.85. The van der Waals surface area contributed by atoms with Gasteiger partial charge in [-0.2, -0.15) is 0 Å². The standard InChI is InChI=1S/C9H9Cl2NO/c10-6-9(13)12(7-11)8-4-2-1-3-5-8/h1-5H,6-7H2. The zero-order valence-corrected chi connectivity index (χ0v) is 8.42. The average Bonchev–Trinajstić information content (AvgIpc) is 2.20. The number of benzene rings is 1. The van der Waals surface area contributed by atoms with E-state index in [0.717, 1.165) is 5.69 Å². The Morgan fingerprint density at radius 1 is 1.23 bits per heavy atom. The first-order chi connectivity index (χ1) is 6.29. The number of hydrogen-bond acceptors (Lipinski definition) is 1. The second-order valence-corrected chi connectivity index (χ2v) is 2.92. The van der Waals surface area contributed by atoms with E-state index in [4.69, 9.17) is 23.2 Å². The maximum Gasteiger partial charge on any atom is 0.242 e. The quantitative estimate of drug-likeness (QED) is 0.563. The maximum atomic E-state index is 11.3. The minimum absolute atomic E-state index is 0.0540. The summed E-state index contributed by atoms with van der Waals surface area (Å²) in [4.78, 5) is 12.7. The first-order valence-corrected chi connectivity index (χ1v) is 4.84. The van der Waals surface area contributed by atoms with Crippen molar-refractivity contribution in [2.24, 2.45) is 0 Å². The van der Waals surface area contributed by atoms with E-state index in [0.29, 0.717) is 0 Å². The zero-order valence-electron chi connectivity index (χ0n) is 6.91. The fourth-order valence-corrected chi connectivity index (χ4v) is 1.38. The highest BCUT2D eigenvalue weighted by Gasteiger charge is 2.11. The highest BCUT2D eigenvalue weighted by molar-refractivity contribution is 6.31. The van der Waals surface area contributed by atoms with E-state index in [9.17, 15) is 4.79 Å². The largest absolute Gasteiger partial charge is 0.297 e. The van der Waals surface area contributed by atoms with Crippen molar-refractivity contribution in [3.63, 3.8) is 0 Å². The number of anilines is 1. The summed E-state index contributed by atoms with van der Waals surface area (Å²) in [5, 5.41) is 0. The Hall–Kier alpha value is -0.730. The third-order valence-corrected chi connectivity index (χ3v) is 2.07. The normalized spacial score (nSPS) is 9.69. The SMILES string of the molecule is O=C(CCl)N(CCl)c1ccccc1. The van der Waals surface area contributed by atoms with Crippen LogP contribution in [0.5, 0.6) is 0 Å². The van der Waals surface area contributed by atoms with Crippen LogP contribution in [0.1, 0.15) is 0 Å². The minimum atomic E-state index is -0.192. The van der Waals surface area contributed by atoms with Crippen LogP contribution >= 0.6 is 23.2 Å². The molecule has 0 unspecified atom stereocenters. The van der Waals surface area contributed by atoms with Gasteiger partial charge in [0.2, 0.25) is 5.91 Å². The number of nitrogens with zero attached hydrogens (tertiary/aromatic N) is 1. The minimum Gasteiger partial charge on any atom is -0.297 e. The Morgan fingerprint density at radius 3 is 2.31 bits per heavy atom. The van der Waals surface area contributed by atoms with Gasteiger partial charge >= 0.3 is 0 Å². The Bertz CT molecular complexity index is 276. The molecule has 0 spiro atoms. The Labute approximate surface area is 87.1 Å². The van der Waals surface area contributed by atoms with E-state index in [2.05, 4.69) is 0 Å². The number of alkyl halides is 2. The summed E-state index contributed by atoms with van der Waals surface area (Å²) in [5.41, 5.74) is 0.767. The molecule has 1 rings (SSSR count). The number of amides is 1. The van der Waals surface area contributed by atoms with Gasteiger partial charge in [0.05, 0.1) is 0 Å². The molecule has 0 saturated carbocycles. The molecule has 0 bridgehead atoms. The fourth-order valence-electron chi connectivity index (χ4n) is 0.960. The van der Waals surface area contributed by atoms with Gasteiger partial charge in [-0.1, -0.05) is 18.2 Å². The van der Waals surface area contributed by atoms with Gasteiger partial charge in [-0.25, -0.2) is 0 Å².